The number of hydrogen-bond acceptors (Lipinski definition) is 8. The monoisotopic (exact) mass is 863 g/mol. The van der Waals surface area contributed by atoms with Crippen molar-refractivity contribution in [3.05, 3.63) is 111 Å². The first-order valence-electron chi connectivity index (χ1n) is 22.9. The zero-order valence-corrected chi connectivity index (χ0v) is 37.0. The van der Waals surface area contributed by atoms with E-state index >= 15 is 4.79 Å². The molecule has 10 aliphatic rings. The number of aliphatic carboxylic acids is 1. The first-order chi connectivity index (χ1) is 30.2. The Morgan fingerprint density at radius 2 is 1.73 bits per heavy atom. The van der Waals surface area contributed by atoms with Crippen molar-refractivity contribution in [1.29, 1.82) is 0 Å². The molecule has 0 unspecified atom stereocenters. The maximum absolute atomic E-state index is 16.1. The number of Topliss-reactive ketones (excluding diaryl/α,β-unsaturated/α-hetero) is 2. The van der Waals surface area contributed by atoms with Crippen LogP contribution in [0.3, 0.4) is 0 Å². The molecule has 0 heterocycles. The summed E-state index contributed by atoms with van der Waals surface area (Å²) in [5, 5.41) is 65.6. The lowest BCUT2D eigenvalue weighted by Crippen LogP contribution is -2.72. The van der Waals surface area contributed by atoms with Crippen LogP contribution in [0.15, 0.2) is 110 Å². The Morgan fingerprint density at radius 1 is 1.00 bits per heavy atom. The van der Waals surface area contributed by atoms with Gasteiger partial charge in [-0.25, -0.2) is 9.79 Å². The Labute approximate surface area is 373 Å². The number of aliphatic hydroxyl groups excluding tert-OH is 1. The van der Waals surface area contributed by atoms with E-state index in [1.54, 1.807) is 0 Å². The van der Waals surface area contributed by atoms with Gasteiger partial charge in [-0.2, -0.15) is 0 Å². The molecule has 0 saturated heterocycles. The molecule has 14 atom stereocenters. The van der Waals surface area contributed by atoms with Crippen LogP contribution in [0.1, 0.15) is 91.5 Å². The molecular weight excluding hydrogens is 807 g/mol. The third kappa shape index (κ3) is 4.24. The fraction of sp³-hybridized carbons (Fsp3) is 0.509. The minimum absolute atomic E-state index is 0.0245. The van der Waals surface area contributed by atoms with Crippen LogP contribution < -0.4 is 11.5 Å². The van der Waals surface area contributed by atoms with Crippen LogP contribution in [-0.2, 0) is 14.4 Å². The van der Waals surface area contributed by atoms with Crippen LogP contribution >= 0.6 is 0 Å². The van der Waals surface area contributed by atoms with Crippen molar-refractivity contribution >= 4 is 29.6 Å². The van der Waals surface area contributed by atoms with E-state index in [-0.39, 0.29) is 49.6 Å². The molecule has 0 radical (unpaired) electrons. The topological polar surface area (TPSA) is 217 Å². The number of aliphatic hydroxyl groups is 4. The highest BCUT2D eigenvalue weighted by Crippen LogP contribution is 2.89. The zero-order valence-electron chi connectivity index (χ0n) is 37.0. The summed E-state index contributed by atoms with van der Waals surface area (Å²) >= 11 is 0. The molecule has 1 aromatic carbocycles. The Morgan fingerprint density at radius 3 is 2.44 bits per heavy atom. The molecule has 0 aliphatic heterocycles. The van der Waals surface area contributed by atoms with E-state index in [1.165, 1.54) is 6.92 Å². The Bertz CT molecular complexity index is 2760. The van der Waals surface area contributed by atoms with Gasteiger partial charge in [-0.15, -0.1) is 11.8 Å². The standard InChI is InChI=1S/C53H57N3O8/c1-27(44(60)61)43(59)52(63)32-17-15-30-24-31-25-50(62)33(16-14-29-12-8-6-9-13-29)40-46(3)20-10-7-11-21-51-42(50)39(47(40,4)22-19-36(46)58)35(57)26-48(51,5)49(41(37(30)32)53(31,51)64)23-18-34(56-45(54)55)38(52)28(49)2/h6,8-9,12-14,16-18,23,25,28,33-34,38,40-41,59,62-64H,11,15,19-22,24,26H2,1-5H3,(H,60,61)(H4,54,55,56)/b16-14+,43-27-/t28-,33+,34+,38+,40-,41-,46-,47-,48-,49+,50-,51+,52+,53+/m1/s1. The summed E-state index contributed by atoms with van der Waals surface area (Å²) in [6.45, 7) is 9.39. The second-order valence-corrected chi connectivity index (χ2v) is 21.6. The van der Waals surface area contributed by atoms with Crippen molar-refractivity contribution in [1.82, 2.24) is 0 Å². The number of benzene rings is 1. The van der Waals surface area contributed by atoms with Crippen molar-refractivity contribution in [2.75, 3.05) is 0 Å². The van der Waals surface area contributed by atoms with Gasteiger partial charge in [0.15, 0.2) is 17.3 Å². The van der Waals surface area contributed by atoms with Gasteiger partial charge in [-0.05, 0) is 83.8 Å². The van der Waals surface area contributed by atoms with E-state index in [0.29, 0.717) is 47.1 Å². The van der Waals surface area contributed by atoms with Gasteiger partial charge in [0, 0.05) is 70.7 Å². The molecule has 3 saturated carbocycles. The fourth-order valence-corrected chi connectivity index (χ4v) is 17.3. The highest BCUT2D eigenvalue weighted by molar-refractivity contribution is 6.02. The van der Waals surface area contributed by atoms with Gasteiger partial charge in [0.05, 0.1) is 11.6 Å². The van der Waals surface area contributed by atoms with Crippen molar-refractivity contribution in [2.45, 2.75) is 109 Å². The predicted octanol–water partition coefficient (Wildman–Crippen LogP) is 5.94. The number of nitrogens with zero attached hydrogens (tertiary/aromatic N) is 1. The molecule has 8 bridgehead atoms. The van der Waals surface area contributed by atoms with E-state index < -0.39 is 96.8 Å². The number of nitrogens with two attached hydrogens (primary N) is 2. The molecule has 2 spiro atoms. The third-order valence-corrected chi connectivity index (χ3v) is 19.4. The second-order valence-electron chi connectivity index (χ2n) is 21.6. The SMILES string of the molecule is C/C(C(=O)O)=C(/O)[C@]1(O)C2=CCC3=C2[C@@H]2[C@@]4(C=C[C@H](N=C(N)N)[C@@H]1[C@H]4C)[C@@]1(C)CC(=O)C4=C5[C@@]16CCC#CC[C@]1(C)C(=O)CC[C@@]4(C)[C@@H]1[C@H](/C=C/c1ccccc1)[C@]5(O)C=C(C3)[C@]26O. The number of allylic oxidation sites excluding steroid dienone is 4. The van der Waals surface area contributed by atoms with E-state index in [1.807, 2.05) is 68.5 Å². The minimum Gasteiger partial charge on any atom is -0.508 e. The number of aliphatic imine (C=N–C) groups is 1. The van der Waals surface area contributed by atoms with Crippen LogP contribution in [0.25, 0.3) is 6.08 Å². The fourth-order valence-electron chi connectivity index (χ4n) is 17.3. The molecule has 10 aliphatic carbocycles. The van der Waals surface area contributed by atoms with Crippen molar-refractivity contribution in [2.24, 2.45) is 73.1 Å². The minimum atomic E-state index is -2.33. The molecule has 0 aromatic heterocycles. The highest BCUT2D eigenvalue weighted by atomic mass is 16.4. The Hall–Kier alpha value is -5.28. The normalized spacial score (nSPS) is 46.7. The van der Waals surface area contributed by atoms with Gasteiger partial charge >= 0.3 is 5.97 Å². The smallest absolute Gasteiger partial charge is 0.334 e. The van der Waals surface area contributed by atoms with Crippen LogP contribution in [-0.4, -0.2) is 71.9 Å². The molecule has 0 amide bonds. The maximum atomic E-state index is 16.1. The predicted molar refractivity (Wildman–Crippen MR) is 239 cm³/mol. The van der Waals surface area contributed by atoms with Gasteiger partial charge in [-0.3, -0.25) is 9.59 Å². The lowest BCUT2D eigenvalue weighted by Gasteiger charge is -2.70. The van der Waals surface area contributed by atoms with Gasteiger partial charge in [0.25, 0.3) is 0 Å². The Balaban J connectivity index is 1.31. The summed E-state index contributed by atoms with van der Waals surface area (Å²) in [4.78, 5) is 47.9. The molecule has 332 valence electrons. The van der Waals surface area contributed by atoms with E-state index in [9.17, 15) is 35.1 Å². The van der Waals surface area contributed by atoms with Gasteiger partial charge in [0.1, 0.15) is 22.7 Å². The largest absolute Gasteiger partial charge is 0.508 e. The molecule has 1 aromatic rings. The number of carboxylic acids is 1. The summed E-state index contributed by atoms with van der Waals surface area (Å²) in [7, 11) is 0. The number of hydrogen-bond donors (Lipinski definition) is 7. The van der Waals surface area contributed by atoms with Crippen molar-refractivity contribution in [3.8, 4) is 11.8 Å². The summed E-state index contributed by atoms with van der Waals surface area (Å²) in [6.07, 6.45) is 13.7. The van der Waals surface area contributed by atoms with E-state index in [0.717, 1.165) is 11.1 Å². The number of carbonyl (C=O) groups is 3. The van der Waals surface area contributed by atoms with Crippen LogP contribution in [0.4, 0.5) is 0 Å². The molecule has 3 fully saturated rings. The number of rotatable bonds is 5. The first kappa shape index (κ1) is 41.4. The number of carbonyl (C=O) groups excluding carboxylic acids is 2. The van der Waals surface area contributed by atoms with Gasteiger partial charge < -0.3 is 37.0 Å². The van der Waals surface area contributed by atoms with Gasteiger partial charge in [-0.1, -0.05) is 94.0 Å². The van der Waals surface area contributed by atoms with Crippen LogP contribution in [0, 0.1) is 68.5 Å². The highest BCUT2D eigenvalue weighted by Gasteiger charge is 2.90. The molecule has 11 rings (SSSR count). The molecule has 64 heavy (non-hydrogen) atoms. The number of carboxylic acid groups (broad SMARTS) is 1. The summed E-state index contributed by atoms with van der Waals surface area (Å²) in [5.41, 5.74) is 4.63. The van der Waals surface area contributed by atoms with Gasteiger partial charge in [0.2, 0.25) is 0 Å². The molecular formula is C53H57N3O8. The lowest BCUT2D eigenvalue weighted by atomic mass is 9.33. The van der Waals surface area contributed by atoms with Crippen LogP contribution in [0.2, 0.25) is 0 Å². The quantitative estimate of drug-likeness (QED) is 0.0462. The van der Waals surface area contributed by atoms with Crippen molar-refractivity contribution < 1.29 is 39.9 Å². The number of guanidine groups is 1. The molecule has 11 heteroatoms. The number of ketones is 2. The average molecular weight is 864 g/mol. The van der Waals surface area contributed by atoms with Crippen molar-refractivity contribution in [3.63, 3.8) is 0 Å². The first-order valence-corrected chi connectivity index (χ1v) is 22.9. The summed E-state index contributed by atoms with van der Waals surface area (Å²) in [6, 6.07) is 8.90. The molecule has 11 nitrogen and oxygen atoms in total. The second kappa shape index (κ2) is 12.5. The lowest BCUT2D eigenvalue weighted by molar-refractivity contribution is -0.172. The third-order valence-electron chi connectivity index (χ3n) is 19.4. The van der Waals surface area contributed by atoms with E-state index in [4.69, 9.17) is 11.5 Å². The van der Waals surface area contributed by atoms with Crippen LogP contribution in [0.5, 0.6) is 0 Å². The molecule has 9 N–H and O–H groups in total. The average Bonchev–Trinajstić information content (AvgIpc) is 3.70. The number of fused-ring (bicyclic) bond motifs is 1. The maximum Gasteiger partial charge on any atom is 0.334 e. The zero-order chi connectivity index (χ0) is 45.5. The summed E-state index contributed by atoms with van der Waals surface area (Å²) < 4.78 is 0. The van der Waals surface area contributed by atoms with E-state index in [2.05, 4.69) is 42.8 Å². The Kier molecular flexibility index (Phi) is 8.11. The summed E-state index contributed by atoms with van der Waals surface area (Å²) in [5.74, 6) is 0.538.